The number of hydrogen-bond donors (Lipinski definition) is 0. The molecule has 1 aliphatic heterocycles. The molecule has 100 valence electrons. The molecule has 1 aliphatic rings. The molecule has 7 heteroatoms. The highest BCUT2D eigenvalue weighted by Crippen LogP contribution is 2.21. The third kappa shape index (κ3) is 3.02. The van der Waals surface area contributed by atoms with Crippen LogP contribution in [0.5, 0.6) is 0 Å². The maximum atomic E-state index is 5.80. The van der Waals surface area contributed by atoms with E-state index in [2.05, 4.69) is 38.6 Å². The molecule has 0 N–H and O–H groups in total. The van der Waals surface area contributed by atoms with Crippen LogP contribution >= 0.6 is 23.2 Å². The molecule has 0 aromatic carbocycles. The molecule has 2 heterocycles. The van der Waals surface area contributed by atoms with Gasteiger partial charge in [0, 0.05) is 19.1 Å². The van der Waals surface area contributed by atoms with Crippen molar-refractivity contribution in [2.45, 2.75) is 26.3 Å². The summed E-state index contributed by atoms with van der Waals surface area (Å²) in [4.78, 5) is 16.6. The lowest BCUT2D eigenvalue weighted by molar-refractivity contribution is 0.232. The van der Waals surface area contributed by atoms with Gasteiger partial charge >= 0.3 is 0 Å². The van der Waals surface area contributed by atoms with Gasteiger partial charge in [0.2, 0.25) is 16.5 Å². The van der Waals surface area contributed by atoms with E-state index in [4.69, 9.17) is 23.2 Å². The Labute approximate surface area is 117 Å². The van der Waals surface area contributed by atoms with Crippen LogP contribution in [0.25, 0.3) is 0 Å². The Morgan fingerprint density at radius 2 is 1.78 bits per heavy atom. The molecule has 0 bridgehead atoms. The van der Waals surface area contributed by atoms with Gasteiger partial charge < -0.3 is 4.90 Å². The number of hydrogen-bond acceptors (Lipinski definition) is 5. The summed E-state index contributed by atoms with van der Waals surface area (Å²) < 4.78 is 0. The Morgan fingerprint density at radius 3 is 2.33 bits per heavy atom. The van der Waals surface area contributed by atoms with Crippen molar-refractivity contribution in [2.24, 2.45) is 0 Å². The summed E-state index contributed by atoms with van der Waals surface area (Å²) >= 11 is 11.6. The van der Waals surface area contributed by atoms with Crippen LogP contribution in [0, 0.1) is 0 Å². The fraction of sp³-hybridized carbons (Fsp3) is 0.727. The van der Waals surface area contributed by atoms with Gasteiger partial charge in [0.05, 0.1) is 0 Å². The Balaban J connectivity index is 2.08. The molecule has 0 radical (unpaired) electrons. The van der Waals surface area contributed by atoms with Gasteiger partial charge in [-0.3, -0.25) is 4.90 Å². The van der Waals surface area contributed by atoms with Crippen LogP contribution in [0.4, 0.5) is 5.95 Å². The summed E-state index contributed by atoms with van der Waals surface area (Å²) in [5.41, 5.74) is 0. The minimum atomic E-state index is 0.149. The van der Waals surface area contributed by atoms with Crippen LogP contribution < -0.4 is 4.90 Å². The Bertz CT molecular complexity index is 390. The maximum Gasteiger partial charge on any atom is 0.231 e. The summed E-state index contributed by atoms with van der Waals surface area (Å²) in [5, 5.41) is 0.299. The van der Waals surface area contributed by atoms with E-state index < -0.39 is 0 Å². The summed E-state index contributed by atoms with van der Waals surface area (Å²) in [7, 11) is 0. The molecule has 1 fully saturated rings. The lowest BCUT2D eigenvalue weighted by atomic mass is 10.2. The Morgan fingerprint density at radius 1 is 1.17 bits per heavy atom. The largest absolute Gasteiger partial charge is 0.339 e. The standard InChI is InChI=1S/C11H17Cl2N5/c1-3-17(4-2)8-5-6-18(7-8)11-15-9(12)14-10(13)16-11/h8H,3-7H2,1-2H3. The molecule has 0 spiro atoms. The molecule has 1 aromatic rings. The number of rotatable bonds is 4. The van der Waals surface area contributed by atoms with Gasteiger partial charge in [0.1, 0.15) is 0 Å². The zero-order chi connectivity index (χ0) is 13.1. The Kier molecular flexibility index (Phi) is 4.59. The minimum absolute atomic E-state index is 0.149. The first-order chi connectivity index (χ1) is 8.63. The number of halogens is 2. The summed E-state index contributed by atoms with van der Waals surface area (Å²) in [5.74, 6) is 0.578. The smallest absolute Gasteiger partial charge is 0.231 e. The van der Waals surface area contributed by atoms with Crippen molar-refractivity contribution in [3.8, 4) is 0 Å². The van der Waals surface area contributed by atoms with Crippen molar-refractivity contribution in [2.75, 3.05) is 31.1 Å². The summed E-state index contributed by atoms with van der Waals surface area (Å²) in [6.45, 7) is 8.34. The first-order valence-electron chi connectivity index (χ1n) is 6.20. The average molecular weight is 290 g/mol. The third-order valence-corrected chi connectivity index (χ3v) is 3.68. The minimum Gasteiger partial charge on any atom is -0.339 e. The van der Waals surface area contributed by atoms with Gasteiger partial charge in [-0.25, -0.2) is 0 Å². The molecular formula is C11H17Cl2N5. The second-order valence-electron chi connectivity index (χ2n) is 4.28. The highest BCUT2D eigenvalue weighted by Gasteiger charge is 2.28. The van der Waals surface area contributed by atoms with E-state index in [1.165, 1.54) is 0 Å². The van der Waals surface area contributed by atoms with Crippen molar-refractivity contribution in [1.29, 1.82) is 0 Å². The fourth-order valence-corrected chi connectivity index (χ4v) is 2.77. The van der Waals surface area contributed by atoms with Crippen LogP contribution in [0.2, 0.25) is 10.6 Å². The van der Waals surface area contributed by atoms with Gasteiger partial charge in [-0.2, -0.15) is 15.0 Å². The van der Waals surface area contributed by atoms with E-state index in [0.717, 1.165) is 32.6 Å². The molecule has 5 nitrogen and oxygen atoms in total. The predicted molar refractivity (Wildman–Crippen MR) is 73.4 cm³/mol. The molecule has 1 atom stereocenters. The highest BCUT2D eigenvalue weighted by atomic mass is 35.5. The molecule has 1 unspecified atom stereocenters. The number of anilines is 1. The molecule has 0 saturated carbocycles. The van der Waals surface area contributed by atoms with Crippen molar-refractivity contribution in [3.05, 3.63) is 10.6 Å². The molecule has 18 heavy (non-hydrogen) atoms. The molecule has 0 aliphatic carbocycles. The maximum absolute atomic E-state index is 5.80. The normalized spacial score (nSPS) is 19.8. The van der Waals surface area contributed by atoms with Crippen LogP contribution in [0.15, 0.2) is 0 Å². The SMILES string of the molecule is CCN(CC)C1CCN(c2nc(Cl)nc(Cl)n2)C1. The summed E-state index contributed by atoms with van der Waals surface area (Å²) in [6.07, 6.45) is 1.11. The van der Waals surface area contributed by atoms with Gasteiger partial charge in [-0.05, 0) is 42.7 Å². The van der Waals surface area contributed by atoms with Gasteiger partial charge in [0.25, 0.3) is 0 Å². The molecule has 1 saturated heterocycles. The molecular weight excluding hydrogens is 273 g/mol. The molecule has 1 aromatic heterocycles. The van der Waals surface area contributed by atoms with E-state index in [1.807, 2.05) is 0 Å². The van der Waals surface area contributed by atoms with Crippen molar-refractivity contribution in [3.63, 3.8) is 0 Å². The number of nitrogens with zero attached hydrogens (tertiary/aromatic N) is 5. The van der Waals surface area contributed by atoms with E-state index >= 15 is 0 Å². The monoisotopic (exact) mass is 289 g/mol. The molecule has 0 amide bonds. The first-order valence-corrected chi connectivity index (χ1v) is 6.95. The second kappa shape index (κ2) is 5.99. The third-order valence-electron chi connectivity index (χ3n) is 3.34. The molecule has 2 rings (SSSR count). The van der Waals surface area contributed by atoms with Gasteiger partial charge in [-0.1, -0.05) is 13.8 Å². The van der Waals surface area contributed by atoms with Crippen LogP contribution in [-0.4, -0.2) is 52.1 Å². The fourth-order valence-electron chi connectivity index (χ4n) is 2.42. The van der Waals surface area contributed by atoms with Crippen molar-refractivity contribution in [1.82, 2.24) is 19.9 Å². The van der Waals surface area contributed by atoms with E-state index in [9.17, 15) is 0 Å². The van der Waals surface area contributed by atoms with Gasteiger partial charge in [-0.15, -0.1) is 0 Å². The highest BCUT2D eigenvalue weighted by molar-refractivity contribution is 6.31. The first kappa shape index (κ1) is 13.8. The topological polar surface area (TPSA) is 45.2 Å². The van der Waals surface area contributed by atoms with Crippen LogP contribution in [0.3, 0.4) is 0 Å². The zero-order valence-corrected chi connectivity index (χ0v) is 12.1. The Hall–Kier alpha value is -0.650. The lowest BCUT2D eigenvalue weighted by Crippen LogP contribution is -2.37. The van der Waals surface area contributed by atoms with Crippen molar-refractivity contribution < 1.29 is 0 Å². The van der Waals surface area contributed by atoms with E-state index in [1.54, 1.807) is 0 Å². The van der Waals surface area contributed by atoms with Crippen molar-refractivity contribution >= 4 is 29.2 Å². The number of aromatic nitrogens is 3. The van der Waals surface area contributed by atoms with E-state index in [0.29, 0.717) is 12.0 Å². The quantitative estimate of drug-likeness (QED) is 0.849. The van der Waals surface area contributed by atoms with Crippen LogP contribution in [-0.2, 0) is 0 Å². The average Bonchev–Trinajstić information content (AvgIpc) is 2.79. The summed E-state index contributed by atoms with van der Waals surface area (Å²) in [6, 6.07) is 0.550. The van der Waals surface area contributed by atoms with Crippen LogP contribution in [0.1, 0.15) is 20.3 Å². The number of likely N-dealkylation sites (N-methyl/N-ethyl adjacent to an activating group) is 1. The van der Waals surface area contributed by atoms with Gasteiger partial charge in [0.15, 0.2) is 0 Å². The second-order valence-corrected chi connectivity index (χ2v) is 4.96. The predicted octanol–water partition coefficient (Wildman–Crippen LogP) is 2.10. The van der Waals surface area contributed by atoms with E-state index in [-0.39, 0.29) is 10.6 Å². The zero-order valence-electron chi connectivity index (χ0n) is 10.6. The lowest BCUT2D eigenvalue weighted by Gasteiger charge is -2.26.